The summed E-state index contributed by atoms with van der Waals surface area (Å²) < 4.78 is 10.5. The molecule has 1 aromatic rings. The van der Waals surface area contributed by atoms with Gasteiger partial charge in [0.2, 0.25) is 0 Å². The van der Waals surface area contributed by atoms with Crippen LogP contribution in [0.1, 0.15) is 98.2 Å². The van der Waals surface area contributed by atoms with Crippen LogP contribution in [0, 0.1) is 6.92 Å². The average molecular weight is 484 g/mol. The van der Waals surface area contributed by atoms with Crippen molar-refractivity contribution in [3.63, 3.8) is 0 Å². The average Bonchev–Trinajstić information content (AvgIpc) is 3.05. The van der Waals surface area contributed by atoms with Gasteiger partial charge in [-0.2, -0.15) is 0 Å². The standard InChI is InChI=1S/C24H41N3O5S/c1-7-8-9-10-11-12-14-26-23(30)27-21-18(22(29)32-24(3,4)5)17(2)19(33-21)20(28)25-15-13-16-31-6/h7-16H2,1-6H3,(H,25,28)(H2,26,27,30). The van der Waals surface area contributed by atoms with Crippen LogP contribution in [0.2, 0.25) is 0 Å². The maximum atomic E-state index is 12.9. The monoisotopic (exact) mass is 483 g/mol. The van der Waals surface area contributed by atoms with E-state index in [1.54, 1.807) is 34.8 Å². The third-order valence-corrected chi connectivity index (χ3v) is 6.02. The van der Waals surface area contributed by atoms with Crippen molar-refractivity contribution in [2.24, 2.45) is 0 Å². The molecular formula is C24H41N3O5S. The molecule has 3 amide bonds. The van der Waals surface area contributed by atoms with E-state index in [-0.39, 0.29) is 11.5 Å². The van der Waals surface area contributed by atoms with Gasteiger partial charge in [0.1, 0.15) is 10.6 Å². The summed E-state index contributed by atoms with van der Waals surface area (Å²) in [5, 5.41) is 8.72. The number of nitrogens with one attached hydrogen (secondary N) is 3. The van der Waals surface area contributed by atoms with Crippen molar-refractivity contribution in [3.8, 4) is 0 Å². The molecule has 0 aliphatic heterocycles. The van der Waals surface area contributed by atoms with Crippen molar-refractivity contribution < 1.29 is 23.9 Å². The fraction of sp³-hybridized carbons (Fsp3) is 0.708. The highest BCUT2D eigenvalue weighted by Crippen LogP contribution is 2.34. The molecule has 0 atom stereocenters. The third-order valence-electron chi connectivity index (χ3n) is 4.81. The molecule has 1 heterocycles. The molecule has 0 saturated carbocycles. The molecule has 8 nitrogen and oxygen atoms in total. The second kappa shape index (κ2) is 14.9. The Balaban J connectivity index is 2.87. The molecule has 9 heteroatoms. The lowest BCUT2D eigenvalue weighted by molar-refractivity contribution is 0.00705. The summed E-state index contributed by atoms with van der Waals surface area (Å²) >= 11 is 1.08. The maximum Gasteiger partial charge on any atom is 0.341 e. The fourth-order valence-electron chi connectivity index (χ4n) is 3.15. The number of methoxy groups -OCH3 is 1. The van der Waals surface area contributed by atoms with E-state index in [0.717, 1.165) is 30.6 Å². The molecule has 0 spiro atoms. The smallest absolute Gasteiger partial charge is 0.341 e. The van der Waals surface area contributed by atoms with Gasteiger partial charge in [-0.1, -0.05) is 39.0 Å². The van der Waals surface area contributed by atoms with Gasteiger partial charge in [-0.05, 0) is 46.1 Å². The zero-order chi connectivity index (χ0) is 24.9. The van der Waals surface area contributed by atoms with Crippen LogP contribution in [-0.4, -0.2) is 50.3 Å². The summed E-state index contributed by atoms with van der Waals surface area (Å²) in [4.78, 5) is 38.4. The minimum absolute atomic E-state index is 0.215. The topological polar surface area (TPSA) is 106 Å². The molecular weight excluding hydrogens is 442 g/mol. The molecule has 3 N–H and O–H groups in total. The van der Waals surface area contributed by atoms with Crippen LogP contribution in [0.3, 0.4) is 0 Å². The predicted molar refractivity (Wildman–Crippen MR) is 133 cm³/mol. The number of anilines is 1. The summed E-state index contributed by atoms with van der Waals surface area (Å²) in [5.41, 5.74) is 0.00196. The van der Waals surface area contributed by atoms with E-state index in [9.17, 15) is 14.4 Å². The van der Waals surface area contributed by atoms with E-state index in [2.05, 4.69) is 22.9 Å². The van der Waals surface area contributed by atoms with Crippen LogP contribution in [0.4, 0.5) is 9.80 Å². The minimum Gasteiger partial charge on any atom is -0.456 e. The van der Waals surface area contributed by atoms with Crippen molar-refractivity contribution in [3.05, 3.63) is 16.0 Å². The number of rotatable bonds is 14. The van der Waals surface area contributed by atoms with Crippen molar-refractivity contribution in [2.75, 3.05) is 32.1 Å². The number of amides is 3. The highest BCUT2D eigenvalue weighted by molar-refractivity contribution is 7.18. The lowest BCUT2D eigenvalue weighted by Crippen LogP contribution is -2.30. The Labute approximate surface area is 202 Å². The summed E-state index contributed by atoms with van der Waals surface area (Å²) in [6, 6.07) is -0.401. The number of ether oxygens (including phenoxy) is 2. The van der Waals surface area contributed by atoms with Gasteiger partial charge < -0.3 is 20.1 Å². The van der Waals surface area contributed by atoms with E-state index >= 15 is 0 Å². The largest absolute Gasteiger partial charge is 0.456 e. The van der Waals surface area contributed by atoms with Gasteiger partial charge in [0.05, 0.1) is 10.4 Å². The number of hydrogen-bond acceptors (Lipinski definition) is 6. The molecule has 0 radical (unpaired) electrons. The highest BCUT2D eigenvalue weighted by Gasteiger charge is 2.29. The normalized spacial score (nSPS) is 11.2. The van der Waals surface area contributed by atoms with Crippen molar-refractivity contribution in [1.29, 1.82) is 0 Å². The minimum atomic E-state index is -0.703. The van der Waals surface area contributed by atoms with Gasteiger partial charge in [0, 0.05) is 26.8 Å². The molecule has 0 bridgehead atoms. The Bertz CT molecular complexity index is 771. The van der Waals surface area contributed by atoms with E-state index < -0.39 is 17.6 Å². The number of thiophene rings is 1. The molecule has 188 valence electrons. The number of carbonyl (C=O) groups is 3. The number of esters is 1. The molecule has 1 rings (SSSR count). The molecule has 33 heavy (non-hydrogen) atoms. The van der Waals surface area contributed by atoms with Crippen LogP contribution >= 0.6 is 11.3 Å². The Morgan fingerprint density at radius 2 is 1.58 bits per heavy atom. The molecule has 0 aromatic carbocycles. The first-order valence-electron chi connectivity index (χ1n) is 11.8. The second-order valence-electron chi connectivity index (χ2n) is 9.01. The Kier molecular flexibility index (Phi) is 13.1. The number of hydrogen-bond donors (Lipinski definition) is 3. The van der Waals surface area contributed by atoms with E-state index in [1.165, 1.54) is 19.3 Å². The molecule has 0 aliphatic rings. The first-order valence-corrected chi connectivity index (χ1v) is 12.6. The summed E-state index contributed by atoms with van der Waals surface area (Å²) in [6.07, 6.45) is 7.45. The highest BCUT2D eigenvalue weighted by atomic mass is 32.1. The van der Waals surface area contributed by atoms with Crippen LogP contribution in [0.5, 0.6) is 0 Å². The van der Waals surface area contributed by atoms with Gasteiger partial charge in [0.15, 0.2) is 0 Å². The predicted octanol–water partition coefficient (Wildman–Crippen LogP) is 5.26. The molecule has 0 fully saturated rings. The Morgan fingerprint density at radius 1 is 0.939 bits per heavy atom. The first kappa shape index (κ1) is 28.9. The number of unbranched alkanes of at least 4 members (excludes halogenated alkanes) is 5. The summed E-state index contributed by atoms with van der Waals surface area (Å²) in [7, 11) is 1.60. The van der Waals surface area contributed by atoms with Gasteiger partial charge in [-0.3, -0.25) is 10.1 Å². The maximum absolute atomic E-state index is 12.9. The lowest BCUT2D eigenvalue weighted by atomic mass is 10.1. The van der Waals surface area contributed by atoms with Gasteiger partial charge in [0.25, 0.3) is 5.91 Å². The van der Waals surface area contributed by atoms with Crippen molar-refractivity contribution in [1.82, 2.24) is 10.6 Å². The van der Waals surface area contributed by atoms with Crippen LogP contribution < -0.4 is 16.0 Å². The summed E-state index contributed by atoms with van der Waals surface area (Å²) in [5.74, 6) is -0.861. The zero-order valence-electron chi connectivity index (χ0n) is 21.0. The van der Waals surface area contributed by atoms with Gasteiger partial charge >= 0.3 is 12.0 Å². The Hall–Kier alpha value is -2.13. The van der Waals surface area contributed by atoms with Crippen LogP contribution in [0.25, 0.3) is 0 Å². The lowest BCUT2D eigenvalue weighted by Gasteiger charge is -2.20. The SMILES string of the molecule is CCCCCCCCNC(=O)Nc1sc(C(=O)NCCCOC)c(C)c1C(=O)OC(C)(C)C. The van der Waals surface area contributed by atoms with Crippen LogP contribution in [0.15, 0.2) is 0 Å². The molecule has 0 saturated heterocycles. The van der Waals surface area contributed by atoms with Crippen molar-refractivity contribution >= 4 is 34.2 Å². The molecule has 1 aromatic heterocycles. The second-order valence-corrected chi connectivity index (χ2v) is 10.0. The molecule has 0 unspecified atom stereocenters. The quantitative estimate of drug-likeness (QED) is 0.247. The zero-order valence-corrected chi connectivity index (χ0v) is 21.8. The van der Waals surface area contributed by atoms with E-state index in [1.807, 2.05) is 0 Å². The third kappa shape index (κ3) is 11.0. The Morgan fingerprint density at radius 3 is 2.21 bits per heavy atom. The van der Waals surface area contributed by atoms with Crippen molar-refractivity contribution in [2.45, 2.75) is 85.2 Å². The number of carbonyl (C=O) groups excluding carboxylic acids is 3. The number of urea groups is 1. The van der Waals surface area contributed by atoms with Crippen LogP contribution in [-0.2, 0) is 9.47 Å². The van der Waals surface area contributed by atoms with E-state index in [4.69, 9.17) is 9.47 Å². The van der Waals surface area contributed by atoms with Gasteiger partial charge in [-0.25, -0.2) is 9.59 Å². The van der Waals surface area contributed by atoms with E-state index in [0.29, 0.717) is 41.6 Å². The first-order chi connectivity index (χ1) is 15.6. The summed E-state index contributed by atoms with van der Waals surface area (Å²) in [6.45, 7) is 10.7. The molecule has 0 aliphatic carbocycles. The van der Waals surface area contributed by atoms with Gasteiger partial charge in [-0.15, -0.1) is 11.3 Å². The fourth-order valence-corrected chi connectivity index (χ4v) is 4.25.